The van der Waals surface area contributed by atoms with Crippen molar-refractivity contribution in [1.29, 1.82) is 0 Å². The SMILES string of the molecule is C1CO1.COCC(CCl)OC.OCC(O)CCl. The lowest BCUT2D eigenvalue weighted by atomic mass is 10.4. The monoisotopic (exact) mass is 292 g/mol. The molecule has 0 bridgehead atoms. The van der Waals surface area contributed by atoms with Gasteiger partial charge in [0.2, 0.25) is 0 Å². The van der Waals surface area contributed by atoms with E-state index in [-0.39, 0.29) is 18.6 Å². The fraction of sp³-hybridized carbons (Fsp3) is 1.00. The summed E-state index contributed by atoms with van der Waals surface area (Å²) < 4.78 is 14.2. The molecule has 7 heteroatoms. The number of ether oxygens (including phenoxy) is 3. The first-order valence-electron chi connectivity index (χ1n) is 5.16. The van der Waals surface area contributed by atoms with Crippen molar-refractivity contribution in [3.05, 3.63) is 0 Å². The van der Waals surface area contributed by atoms with Crippen LogP contribution in [0, 0.1) is 0 Å². The van der Waals surface area contributed by atoms with E-state index < -0.39 is 6.10 Å². The zero-order valence-electron chi connectivity index (χ0n) is 10.3. The van der Waals surface area contributed by atoms with Crippen molar-refractivity contribution >= 4 is 23.2 Å². The first-order valence-corrected chi connectivity index (χ1v) is 6.23. The number of hydrogen-bond acceptors (Lipinski definition) is 5. The molecule has 106 valence electrons. The lowest BCUT2D eigenvalue weighted by Crippen LogP contribution is -2.18. The van der Waals surface area contributed by atoms with Gasteiger partial charge in [0.25, 0.3) is 0 Å². The van der Waals surface area contributed by atoms with Crippen LogP contribution in [-0.4, -0.2) is 74.8 Å². The average Bonchev–Trinajstić information content (AvgIpc) is 3.23. The summed E-state index contributed by atoms with van der Waals surface area (Å²) in [6.07, 6.45) is -0.701. The maximum Gasteiger partial charge on any atom is 0.0939 e. The predicted octanol–water partition coefficient (Wildman–Crippen LogP) is 0.482. The number of aliphatic hydroxyl groups excluding tert-OH is 2. The Kier molecular flexibility index (Phi) is 19.0. The van der Waals surface area contributed by atoms with Crippen LogP contribution < -0.4 is 0 Å². The van der Waals surface area contributed by atoms with Gasteiger partial charge in [0.15, 0.2) is 0 Å². The van der Waals surface area contributed by atoms with E-state index in [1.807, 2.05) is 0 Å². The number of rotatable bonds is 6. The molecule has 2 N–H and O–H groups in total. The third kappa shape index (κ3) is 22.1. The van der Waals surface area contributed by atoms with Gasteiger partial charge in [-0.25, -0.2) is 0 Å². The van der Waals surface area contributed by atoms with Crippen LogP contribution >= 0.6 is 23.2 Å². The van der Waals surface area contributed by atoms with Crippen molar-refractivity contribution in [3.63, 3.8) is 0 Å². The maximum atomic E-state index is 8.28. The Morgan fingerprint density at radius 3 is 1.82 bits per heavy atom. The van der Waals surface area contributed by atoms with Gasteiger partial charge in [-0.15, -0.1) is 23.2 Å². The lowest BCUT2D eigenvalue weighted by Gasteiger charge is -2.08. The zero-order valence-corrected chi connectivity index (χ0v) is 11.8. The summed E-state index contributed by atoms with van der Waals surface area (Å²) in [7, 11) is 3.24. The van der Waals surface area contributed by atoms with Gasteiger partial charge in [0.05, 0.1) is 50.4 Å². The third-order valence-corrected chi connectivity index (χ3v) is 2.15. The molecule has 0 amide bonds. The van der Waals surface area contributed by atoms with Crippen molar-refractivity contribution in [1.82, 2.24) is 0 Å². The van der Waals surface area contributed by atoms with E-state index in [4.69, 9.17) is 42.9 Å². The molecule has 1 rings (SSSR count). The second kappa shape index (κ2) is 16.4. The molecule has 1 aliphatic heterocycles. The van der Waals surface area contributed by atoms with Crippen LogP contribution in [0.25, 0.3) is 0 Å². The van der Waals surface area contributed by atoms with Gasteiger partial charge in [0.1, 0.15) is 0 Å². The summed E-state index contributed by atoms with van der Waals surface area (Å²) >= 11 is 10.5. The number of halogens is 2. The van der Waals surface area contributed by atoms with Gasteiger partial charge in [-0.2, -0.15) is 0 Å². The highest BCUT2D eigenvalue weighted by Gasteiger charge is 2.01. The molecule has 2 atom stereocenters. The van der Waals surface area contributed by atoms with E-state index >= 15 is 0 Å². The van der Waals surface area contributed by atoms with Crippen molar-refractivity contribution in [2.75, 3.05) is 52.4 Å². The van der Waals surface area contributed by atoms with E-state index in [1.54, 1.807) is 14.2 Å². The summed E-state index contributed by atoms with van der Waals surface area (Å²) in [4.78, 5) is 0. The molecule has 1 aliphatic rings. The van der Waals surface area contributed by atoms with E-state index in [1.165, 1.54) is 0 Å². The minimum Gasteiger partial charge on any atom is -0.394 e. The molecule has 2 unspecified atom stereocenters. The lowest BCUT2D eigenvalue weighted by molar-refractivity contribution is 0.0422. The summed E-state index contributed by atoms with van der Waals surface area (Å²) in [5.41, 5.74) is 0. The van der Waals surface area contributed by atoms with Crippen LogP contribution in [0.1, 0.15) is 0 Å². The van der Waals surface area contributed by atoms with Gasteiger partial charge in [-0.3, -0.25) is 0 Å². The van der Waals surface area contributed by atoms with Gasteiger partial charge < -0.3 is 24.4 Å². The molecule has 17 heavy (non-hydrogen) atoms. The van der Waals surface area contributed by atoms with Gasteiger partial charge in [0, 0.05) is 14.2 Å². The predicted molar refractivity (Wildman–Crippen MR) is 68.0 cm³/mol. The fourth-order valence-corrected chi connectivity index (χ4v) is 0.723. The first kappa shape index (κ1) is 19.7. The Morgan fingerprint density at radius 2 is 1.76 bits per heavy atom. The van der Waals surface area contributed by atoms with Gasteiger partial charge >= 0.3 is 0 Å². The molecule has 5 nitrogen and oxygen atoms in total. The second-order valence-corrected chi connectivity index (χ2v) is 3.69. The van der Waals surface area contributed by atoms with Crippen molar-refractivity contribution in [2.24, 2.45) is 0 Å². The van der Waals surface area contributed by atoms with Crippen LogP contribution in [-0.2, 0) is 14.2 Å². The molecule has 1 heterocycles. The molecule has 0 aromatic carbocycles. The Hall–Kier alpha value is 0.380. The van der Waals surface area contributed by atoms with Crippen LogP contribution in [0.4, 0.5) is 0 Å². The standard InChI is InChI=1S/C5H11ClO2.C3H7ClO2.C2H4O/c1-7-4-5(3-6)8-2;4-1-3(6)2-5;1-2-3-1/h5H,3-4H2,1-2H3;3,5-6H,1-2H2;1-2H2. The summed E-state index contributed by atoms with van der Waals surface area (Å²) in [5, 5.41) is 16.3. The number of methoxy groups -OCH3 is 2. The fourth-order valence-electron chi connectivity index (χ4n) is 0.410. The molecule has 0 saturated carbocycles. The molecule has 0 spiro atoms. The Morgan fingerprint density at radius 1 is 1.24 bits per heavy atom. The third-order valence-electron chi connectivity index (χ3n) is 1.45. The first-order chi connectivity index (χ1) is 8.15. The summed E-state index contributed by atoms with van der Waals surface area (Å²) in [6, 6.07) is 0. The zero-order chi connectivity index (χ0) is 13.5. The van der Waals surface area contributed by atoms with Crippen molar-refractivity contribution in [3.8, 4) is 0 Å². The largest absolute Gasteiger partial charge is 0.394 e. The van der Waals surface area contributed by atoms with E-state index in [0.29, 0.717) is 12.5 Å². The Bertz CT molecular complexity index is 127. The normalized spacial score (nSPS) is 15.9. The number of alkyl halides is 2. The van der Waals surface area contributed by atoms with E-state index in [0.717, 1.165) is 13.2 Å². The van der Waals surface area contributed by atoms with E-state index in [9.17, 15) is 0 Å². The number of hydrogen-bond donors (Lipinski definition) is 2. The molecular formula is C10H22Cl2O5. The van der Waals surface area contributed by atoms with Crippen LogP contribution in [0.15, 0.2) is 0 Å². The smallest absolute Gasteiger partial charge is 0.0939 e. The quantitative estimate of drug-likeness (QED) is 0.550. The van der Waals surface area contributed by atoms with Crippen molar-refractivity contribution < 1.29 is 24.4 Å². The summed E-state index contributed by atoms with van der Waals surface area (Å²) in [5.74, 6) is 0.598. The minimum absolute atomic E-state index is 0.0432. The molecule has 1 fully saturated rings. The Balaban J connectivity index is 0. The Labute approximate surface area is 113 Å². The highest BCUT2D eigenvalue weighted by molar-refractivity contribution is 6.18. The molecule has 0 aliphatic carbocycles. The molecular weight excluding hydrogens is 271 g/mol. The molecule has 0 aromatic rings. The van der Waals surface area contributed by atoms with Gasteiger partial charge in [-0.05, 0) is 0 Å². The minimum atomic E-state index is -0.744. The molecule has 0 aromatic heterocycles. The topological polar surface area (TPSA) is 71.5 Å². The van der Waals surface area contributed by atoms with Crippen LogP contribution in [0.5, 0.6) is 0 Å². The van der Waals surface area contributed by atoms with Crippen LogP contribution in [0.2, 0.25) is 0 Å². The highest BCUT2D eigenvalue weighted by atomic mass is 35.5. The van der Waals surface area contributed by atoms with Crippen molar-refractivity contribution in [2.45, 2.75) is 12.2 Å². The summed E-state index contributed by atoms with van der Waals surface area (Å²) in [6.45, 7) is 2.32. The van der Waals surface area contributed by atoms with Crippen LogP contribution in [0.3, 0.4) is 0 Å². The number of epoxide rings is 1. The van der Waals surface area contributed by atoms with E-state index in [2.05, 4.69) is 4.74 Å². The molecule has 0 radical (unpaired) electrons. The maximum absolute atomic E-state index is 8.28. The number of aliphatic hydroxyl groups is 2. The van der Waals surface area contributed by atoms with Gasteiger partial charge in [-0.1, -0.05) is 0 Å². The molecule has 1 saturated heterocycles. The average molecular weight is 293 g/mol. The highest BCUT2D eigenvalue weighted by Crippen LogP contribution is 1.92. The second-order valence-electron chi connectivity index (χ2n) is 3.07.